The lowest BCUT2D eigenvalue weighted by molar-refractivity contribution is -0.137. The van der Waals surface area contributed by atoms with E-state index >= 15 is 0 Å². The molecule has 0 aliphatic rings. The molecule has 0 aliphatic heterocycles. The van der Waals surface area contributed by atoms with Crippen molar-refractivity contribution in [2.24, 2.45) is 0 Å². The second-order valence-corrected chi connectivity index (χ2v) is 7.51. The molecule has 1 N–H and O–H groups in total. The van der Waals surface area contributed by atoms with Crippen molar-refractivity contribution in [2.75, 3.05) is 5.32 Å². The number of nitrogens with one attached hydrogen (secondary N) is 1. The fourth-order valence-corrected chi connectivity index (χ4v) is 3.28. The lowest BCUT2D eigenvalue weighted by Gasteiger charge is -2.15. The molecule has 33 heavy (non-hydrogen) atoms. The summed E-state index contributed by atoms with van der Waals surface area (Å²) < 4.78 is 46.1. The molecule has 0 saturated heterocycles. The van der Waals surface area contributed by atoms with Gasteiger partial charge in [0, 0.05) is 36.7 Å². The third-order valence-corrected chi connectivity index (χ3v) is 5.05. The largest absolute Gasteiger partial charge is 0.435 e. The molecular formula is C22H13Cl2F3N4O2. The summed E-state index contributed by atoms with van der Waals surface area (Å²) in [6, 6.07) is 10.5. The maximum Gasteiger partial charge on any atom is 0.417 e. The first-order chi connectivity index (χ1) is 15.7. The Morgan fingerprint density at radius 2 is 1.79 bits per heavy atom. The Morgan fingerprint density at radius 3 is 2.45 bits per heavy atom. The van der Waals surface area contributed by atoms with Crippen molar-refractivity contribution in [3.63, 3.8) is 0 Å². The first-order valence-electron chi connectivity index (χ1n) is 9.31. The molecule has 0 fully saturated rings. The molecule has 0 spiro atoms. The standard InChI is InChI=1S/C22H13Cl2F3N4O2/c23-16-5-6-28-12-15(16)20(32)30-14-3-4-19(18(10-14)31-7-1-2-8-31)33-21-17(24)9-13(11-29-21)22(25,26)27/h1-12H,(H,30,32). The van der Waals surface area contributed by atoms with Crippen LogP contribution in [-0.4, -0.2) is 20.4 Å². The monoisotopic (exact) mass is 492 g/mol. The number of pyridine rings is 2. The Kier molecular flexibility index (Phi) is 6.26. The molecule has 0 bridgehead atoms. The van der Waals surface area contributed by atoms with Crippen molar-refractivity contribution in [3.8, 4) is 17.3 Å². The highest BCUT2D eigenvalue weighted by molar-refractivity contribution is 6.34. The number of benzene rings is 1. The number of alkyl halides is 3. The maximum absolute atomic E-state index is 12.9. The number of halogens is 5. The highest BCUT2D eigenvalue weighted by Crippen LogP contribution is 2.37. The Bertz CT molecular complexity index is 1310. The number of carbonyl (C=O) groups is 1. The number of anilines is 1. The molecule has 6 nitrogen and oxygen atoms in total. The van der Waals surface area contributed by atoms with Gasteiger partial charge < -0.3 is 14.6 Å². The zero-order valence-corrected chi connectivity index (χ0v) is 18.0. The molecule has 0 unspecified atom stereocenters. The molecule has 0 saturated carbocycles. The van der Waals surface area contributed by atoms with Crippen LogP contribution in [0.5, 0.6) is 11.6 Å². The van der Waals surface area contributed by atoms with Gasteiger partial charge >= 0.3 is 6.18 Å². The van der Waals surface area contributed by atoms with Crippen LogP contribution in [0.2, 0.25) is 10.0 Å². The molecule has 0 atom stereocenters. The van der Waals surface area contributed by atoms with Gasteiger partial charge in [-0.3, -0.25) is 9.78 Å². The topological polar surface area (TPSA) is 69.0 Å². The lowest BCUT2D eigenvalue weighted by Crippen LogP contribution is -2.13. The van der Waals surface area contributed by atoms with E-state index in [1.165, 1.54) is 24.5 Å². The van der Waals surface area contributed by atoms with Crippen LogP contribution in [0, 0.1) is 0 Å². The maximum atomic E-state index is 12.9. The van der Waals surface area contributed by atoms with Gasteiger partial charge in [0.15, 0.2) is 5.75 Å². The fourth-order valence-electron chi connectivity index (χ4n) is 2.88. The van der Waals surface area contributed by atoms with Crippen molar-refractivity contribution in [2.45, 2.75) is 6.18 Å². The zero-order valence-electron chi connectivity index (χ0n) is 16.5. The van der Waals surface area contributed by atoms with E-state index in [0.717, 1.165) is 6.07 Å². The van der Waals surface area contributed by atoms with Crippen LogP contribution in [0.4, 0.5) is 18.9 Å². The summed E-state index contributed by atoms with van der Waals surface area (Å²) >= 11 is 12.0. The van der Waals surface area contributed by atoms with Crippen LogP contribution in [0.3, 0.4) is 0 Å². The van der Waals surface area contributed by atoms with Crippen LogP contribution in [0.25, 0.3) is 5.69 Å². The van der Waals surface area contributed by atoms with Gasteiger partial charge in [-0.25, -0.2) is 4.98 Å². The van der Waals surface area contributed by atoms with Gasteiger partial charge in [0.1, 0.15) is 5.02 Å². The minimum atomic E-state index is -4.58. The molecule has 4 rings (SSSR count). The van der Waals surface area contributed by atoms with Gasteiger partial charge in [0.2, 0.25) is 5.88 Å². The van der Waals surface area contributed by atoms with E-state index in [4.69, 9.17) is 27.9 Å². The Balaban J connectivity index is 1.66. The molecule has 1 amide bonds. The van der Waals surface area contributed by atoms with Crippen LogP contribution in [-0.2, 0) is 6.18 Å². The van der Waals surface area contributed by atoms with Gasteiger partial charge in [-0.05, 0) is 42.5 Å². The molecule has 168 valence electrons. The van der Waals surface area contributed by atoms with E-state index in [0.29, 0.717) is 17.6 Å². The summed E-state index contributed by atoms with van der Waals surface area (Å²) in [6.07, 6.45) is 2.34. The first-order valence-corrected chi connectivity index (χ1v) is 10.1. The SMILES string of the molecule is O=C(Nc1ccc(Oc2ncc(C(F)(F)F)cc2Cl)c(-n2cccc2)c1)c1cnccc1Cl. The van der Waals surface area contributed by atoms with Crippen molar-refractivity contribution in [3.05, 3.63) is 94.6 Å². The number of aromatic nitrogens is 3. The fraction of sp³-hybridized carbons (Fsp3) is 0.0455. The van der Waals surface area contributed by atoms with Crippen LogP contribution < -0.4 is 10.1 Å². The van der Waals surface area contributed by atoms with E-state index in [9.17, 15) is 18.0 Å². The summed E-state index contributed by atoms with van der Waals surface area (Å²) in [5.41, 5.74) is 0.107. The Morgan fingerprint density at radius 1 is 1.03 bits per heavy atom. The number of hydrogen-bond acceptors (Lipinski definition) is 4. The lowest BCUT2D eigenvalue weighted by atomic mass is 10.2. The average molecular weight is 493 g/mol. The van der Waals surface area contributed by atoms with Gasteiger partial charge in [-0.1, -0.05) is 23.2 Å². The van der Waals surface area contributed by atoms with Crippen molar-refractivity contribution < 1.29 is 22.7 Å². The smallest absolute Gasteiger partial charge is 0.417 e. The number of ether oxygens (including phenoxy) is 1. The normalized spacial score (nSPS) is 11.3. The first kappa shape index (κ1) is 22.6. The molecule has 3 heterocycles. The zero-order chi connectivity index (χ0) is 23.6. The van der Waals surface area contributed by atoms with Crippen molar-refractivity contribution >= 4 is 34.8 Å². The van der Waals surface area contributed by atoms with E-state index in [-0.39, 0.29) is 27.2 Å². The molecule has 0 aliphatic carbocycles. The molecule has 4 aromatic rings. The van der Waals surface area contributed by atoms with E-state index in [2.05, 4.69) is 15.3 Å². The minimum Gasteiger partial charge on any atom is -0.435 e. The summed E-state index contributed by atoms with van der Waals surface area (Å²) in [4.78, 5) is 20.2. The Labute approximate surface area is 195 Å². The van der Waals surface area contributed by atoms with Gasteiger partial charge in [-0.2, -0.15) is 13.2 Å². The van der Waals surface area contributed by atoms with E-state index < -0.39 is 17.6 Å². The number of rotatable bonds is 5. The quantitative estimate of drug-likeness (QED) is 0.339. The summed E-state index contributed by atoms with van der Waals surface area (Å²) in [5, 5.41) is 2.68. The van der Waals surface area contributed by atoms with Crippen molar-refractivity contribution in [1.29, 1.82) is 0 Å². The van der Waals surface area contributed by atoms with Gasteiger partial charge in [-0.15, -0.1) is 0 Å². The van der Waals surface area contributed by atoms with Gasteiger partial charge in [0.25, 0.3) is 5.91 Å². The second kappa shape index (κ2) is 9.13. The molecule has 1 aromatic carbocycles. The van der Waals surface area contributed by atoms with E-state index in [1.807, 2.05) is 0 Å². The number of carbonyl (C=O) groups excluding carboxylic acids is 1. The van der Waals surface area contributed by atoms with Crippen molar-refractivity contribution in [1.82, 2.24) is 14.5 Å². The molecular weight excluding hydrogens is 480 g/mol. The highest BCUT2D eigenvalue weighted by atomic mass is 35.5. The van der Waals surface area contributed by atoms with Crippen LogP contribution in [0.15, 0.2) is 73.4 Å². The minimum absolute atomic E-state index is 0.197. The van der Waals surface area contributed by atoms with E-state index in [1.54, 1.807) is 41.2 Å². The summed E-state index contributed by atoms with van der Waals surface area (Å²) in [6.45, 7) is 0. The predicted octanol–water partition coefficient (Wildman–Crippen LogP) is 6.64. The Hall–Kier alpha value is -3.56. The molecule has 3 aromatic heterocycles. The number of hydrogen-bond donors (Lipinski definition) is 1. The average Bonchev–Trinajstić information content (AvgIpc) is 3.30. The second-order valence-electron chi connectivity index (χ2n) is 6.69. The molecule has 11 heteroatoms. The predicted molar refractivity (Wildman–Crippen MR) is 117 cm³/mol. The molecule has 0 radical (unpaired) electrons. The third kappa shape index (κ3) is 5.10. The number of nitrogens with zero attached hydrogens (tertiary/aromatic N) is 3. The highest BCUT2D eigenvalue weighted by Gasteiger charge is 2.32. The number of amides is 1. The van der Waals surface area contributed by atoms with Crippen LogP contribution in [0.1, 0.15) is 15.9 Å². The summed E-state index contributed by atoms with van der Waals surface area (Å²) in [7, 11) is 0. The van der Waals surface area contributed by atoms with Gasteiger partial charge in [0.05, 0.1) is 21.8 Å². The van der Waals surface area contributed by atoms with Crippen LogP contribution >= 0.6 is 23.2 Å². The summed E-state index contributed by atoms with van der Waals surface area (Å²) in [5.74, 6) is -0.414. The third-order valence-electron chi connectivity index (χ3n) is 4.45.